The summed E-state index contributed by atoms with van der Waals surface area (Å²) in [4.78, 5) is 2.68. The van der Waals surface area contributed by atoms with Gasteiger partial charge in [-0.15, -0.1) is 0 Å². The molecule has 2 heteroatoms. The molecule has 2 aliphatic rings. The predicted octanol–water partition coefficient (Wildman–Crippen LogP) is 2.61. The van der Waals surface area contributed by atoms with Gasteiger partial charge in [0.05, 0.1) is 5.54 Å². The van der Waals surface area contributed by atoms with Crippen LogP contribution in [0.2, 0.25) is 0 Å². The average Bonchev–Trinajstić information content (AvgIpc) is 3.24. The summed E-state index contributed by atoms with van der Waals surface area (Å²) in [6.07, 6.45) is 2.87. The molecule has 1 aromatic rings. The Kier molecular flexibility index (Phi) is 3.16. The van der Waals surface area contributed by atoms with Crippen LogP contribution in [0.5, 0.6) is 0 Å². The zero-order chi connectivity index (χ0) is 12.6. The van der Waals surface area contributed by atoms with E-state index in [0.717, 1.165) is 25.0 Å². The van der Waals surface area contributed by atoms with Gasteiger partial charge in [-0.05, 0) is 37.8 Å². The third kappa shape index (κ3) is 2.19. The van der Waals surface area contributed by atoms with Crippen molar-refractivity contribution >= 4 is 0 Å². The first-order chi connectivity index (χ1) is 8.73. The molecule has 1 aromatic carbocycles. The Morgan fingerprint density at radius 1 is 1.28 bits per heavy atom. The van der Waals surface area contributed by atoms with Gasteiger partial charge in [0, 0.05) is 19.1 Å². The molecule has 1 heterocycles. The van der Waals surface area contributed by atoms with Gasteiger partial charge in [0.15, 0.2) is 0 Å². The molecule has 3 rings (SSSR count). The first-order valence-corrected chi connectivity index (χ1v) is 7.27. The highest BCUT2D eigenvalue weighted by atomic mass is 15.3. The van der Waals surface area contributed by atoms with Gasteiger partial charge in [-0.1, -0.05) is 37.3 Å². The van der Waals surface area contributed by atoms with Crippen molar-refractivity contribution in [1.82, 2.24) is 10.2 Å². The molecule has 2 atom stereocenters. The Morgan fingerprint density at radius 2 is 2.00 bits per heavy atom. The second-order valence-electron chi connectivity index (χ2n) is 6.05. The van der Waals surface area contributed by atoms with Crippen molar-refractivity contribution in [3.8, 4) is 0 Å². The third-order valence-electron chi connectivity index (χ3n) is 4.67. The van der Waals surface area contributed by atoms with Gasteiger partial charge in [0.1, 0.15) is 0 Å². The Balaban J connectivity index is 1.79. The molecule has 2 unspecified atom stereocenters. The summed E-state index contributed by atoms with van der Waals surface area (Å²) in [6.45, 7) is 8.09. The van der Waals surface area contributed by atoms with E-state index in [2.05, 4.69) is 54.4 Å². The van der Waals surface area contributed by atoms with Crippen LogP contribution in [0.1, 0.15) is 32.3 Å². The molecule has 2 nitrogen and oxygen atoms in total. The number of hydrogen-bond donors (Lipinski definition) is 1. The van der Waals surface area contributed by atoms with Crippen molar-refractivity contribution in [2.24, 2.45) is 5.92 Å². The maximum atomic E-state index is 3.81. The highest BCUT2D eigenvalue weighted by molar-refractivity contribution is 5.25. The Bertz CT molecular complexity index is 399. The quantitative estimate of drug-likeness (QED) is 0.879. The lowest BCUT2D eigenvalue weighted by molar-refractivity contribution is 0.0789. The van der Waals surface area contributed by atoms with Gasteiger partial charge in [0.25, 0.3) is 0 Å². The van der Waals surface area contributed by atoms with Gasteiger partial charge >= 0.3 is 0 Å². The zero-order valence-corrected chi connectivity index (χ0v) is 11.5. The minimum Gasteiger partial charge on any atom is -0.305 e. The van der Waals surface area contributed by atoms with Crippen LogP contribution in [0.4, 0.5) is 0 Å². The monoisotopic (exact) mass is 244 g/mol. The van der Waals surface area contributed by atoms with E-state index in [1.165, 1.54) is 24.9 Å². The largest absolute Gasteiger partial charge is 0.305 e. The van der Waals surface area contributed by atoms with E-state index in [1.54, 1.807) is 0 Å². The van der Waals surface area contributed by atoms with Crippen LogP contribution >= 0.6 is 0 Å². The van der Waals surface area contributed by atoms with Crippen LogP contribution in [0.3, 0.4) is 0 Å². The number of nitrogens with zero attached hydrogens (tertiary/aromatic N) is 1. The fraction of sp³-hybridized carbons (Fsp3) is 0.625. The van der Waals surface area contributed by atoms with Crippen LogP contribution < -0.4 is 5.32 Å². The maximum Gasteiger partial charge on any atom is 0.0535 e. The van der Waals surface area contributed by atoms with Crippen molar-refractivity contribution in [3.05, 3.63) is 35.9 Å². The number of likely N-dealkylation sites (N-methyl/N-ethyl adjacent to an activating group) is 1. The lowest BCUT2D eigenvalue weighted by Crippen LogP contribution is -2.61. The average molecular weight is 244 g/mol. The number of hydrogen-bond acceptors (Lipinski definition) is 2. The number of nitrogens with one attached hydrogen (secondary N) is 1. The van der Waals surface area contributed by atoms with Gasteiger partial charge in [-0.3, -0.25) is 4.90 Å². The summed E-state index contributed by atoms with van der Waals surface area (Å²) in [5.74, 6) is 0.956. The Labute approximate surface area is 110 Å². The zero-order valence-electron chi connectivity index (χ0n) is 11.5. The van der Waals surface area contributed by atoms with E-state index >= 15 is 0 Å². The molecule has 0 amide bonds. The van der Waals surface area contributed by atoms with E-state index in [4.69, 9.17) is 0 Å². The molecule has 1 N–H and O–H groups in total. The summed E-state index contributed by atoms with van der Waals surface area (Å²) in [5, 5.41) is 3.81. The second-order valence-corrected chi connectivity index (χ2v) is 6.05. The predicted molar refractivity (Wildman–Crippen MR) is 75.6 cm³/mol. The van der Waals surface area contributed by atoms with Crippen molar-refractivity contribution in [1.29, 1.82) is 0 Å². The van der Waals surface area contributed by atoms with Gasteiger partial charge in [0.2, 0.25) is 0 Å². The lowest BCUT2D eigenvalue weighted by atomic mass is 9.87. The smallest absolute Gasteiger partial charge is 0.0535 e. The molecule has 0 aromatic heterocycles. The highest BCUT2D eigenvalue weighted by Crippen LogP contribution is 2.38. The minimum atomic E-state index is 0.114. The van der Waals surface area contributed by atoms with Gasteiger partial charge in [-0.2, -0.15) is 0 Å². The molecule has 18 heavy (non-hydrogen) atoms. The fourth-order valence-corrected chi connectivity index (χ4v) is 3.33. The molecule has 1 aliphatic carbocycles. The SMILES string of the molecule is CCN1CC(C)(c2ccccc2)NCC1C1CC1. The maximum absolute atomic E-state index is 3.81. The third-order valence-corrected chi connectivity index (χ3v) is 4.67. The number of rotatable bonds is 3. The van der Waals surface area contributed by atoms with Crippen LogP contribution in [-0.4, -0.2) is 30.6 Å². The molecule has 0 bridgehead atoms. The van der Waals surface area contributed by atoms with E-state index in [0.29, 0.717) is 0 Å². The van der Waals surface area contributed by atoms with Crippen molar-refractivity contribution in [2.75, 3.05) is 19.6 Å². The van der Waals surface area contributed by atoms with E-state index in [-0.39, 0.29) is 5.54 Å². The fourth-order valence-electron chi connectivity index (χ4n) is 3.33. The van der Waals surface area contributed by atoms with Crippen LogP contribution in [-0.2, 0) is 5.54 Å². The topological polar surface area (TPSA) is 15.3 Å². The number of piperazine rings is 1. The molecule has 98 valence electrons. The summed E-state index contributed by atoms with van der Waals surface area (Å²) >= 11 is 0. The first-order valence-electron chi connectivity index (χ1n) is 7.27. The summed E-state index contributed by atoms with van der Waals surface area (Å²) in [6, 6.07) is 11.7. The standard InChI is InChI=1S/C16H24N2/c1-3-18-12-16(2,14-7-5-4-6-8-14)17-11-15(18)13-9-10-13/h4-8,13,15,17H,3,9-12H2,1-2H3. The van der Waals surface area contributed by atoms with Crippen LogP contribution in [0.25, 0.3) is 0 Å². The Morgan fingerprint density at radius 3 is 2.61 bits per heavy atom. The highest BCUT2D eigenvalue weighted by Gasteiger charge is 2.42. The van der Waals surface area contributed by atoms with Crippen molar-refractivity contribution < 1.29 is 0 Å². The first kappa shape index (κ1) is 12.2. The second kappa shape index (κ2) is 4.67. The summed E-state index contributed by atoms with van der Waals surface area (Å²) in [7, 11) is 0. The van der Waals surface area contributed by atoms with Crippen molar-refractivity contribution in [2.45, 2.75) is 38.3 Å². The van der Waals surface area contributed by atoms with Gasteiger partial charge < -0.3 is 5.32 Å². The summed E-state index contributed by atoms with van der Waals surface area (Å²) < 4.78 is 0. The van der Waals surface area contributed by atoms with Crippen molar-refractivity contribution in [3.63, 3.8) is 0 Å². The normalized spacial score (nSPS) is 33.6. The van der Waals surface area contributed by atoms with E-state index in [1.807, 2.05) is 0 Å². The van der Waals surface area contributed by atoms with Crippen LogP contribution in [0.15, 0.2) is 30.3 Å². The van der Waals surface area contributed by atoms with E-state index < -0.39 is 0 Å². The molecular weight excluding hydrogens is 220 g/mol. The molecule has 0 spiro atoms. The lowest BCUT2D eigenvalue weighted by Gasteiger charge is -2.46. The molecule has 0 radical (unpaired) electrons. The molecule has 1 saturated heterocycles. The van der Waals surface area contributed by atoms with Crippen LogP contribution in [0, 0.1) is 5.92 Å². The Hall–Kier alpha value is -0.860. The minimum absolute atomic E-state index is 0.114. The molecule has 1 aliphatic heterocycles. The molecule has 1 saturated carbocycles. The van der Waals surface area contributed by atoms with E-state index in [9.17, 15) is 0 Å². The van der Waals surface area contributed by atoms with Gasteiger partial charge in [-0.25, -0.2) is 0 Å². The number of benzene rings is 1. The summed E-state index contributed by atoms with van der Waals surface area (Å²) in [5.41, 5.74) is 1.53. The molecular formula is C16H24N2. The molecule has 2 fully saturated rings.